The number of carbonyl (C=O) groups excluding carboxylic acids is 2. The molecule has 2 aromatic rings. The molecular formula is C27H27NO4. The number of benzene rings is 2. The lowest BCUT2D eigenvalue weighted by molar-refractivity contribution is -0.0635. The zero-order valence-electron chi connectivity index (χ0n) is 17.9. The maximum atomic E-state index is 13.0. The fourth-order valence-electron chi connectivity index (χ4n) is 7.20. The quantitative estimate of drug-likeness (QED) is 0.663. The molecule has 0 amide bonds. The largest absolute Gasteiger partial charge is 0.453 e. The Morgan fingerprint density at radius 3 is 1.62 bits per heavy atom. The predicted octanol–water partition coefficient (Wildman–Crippen LogP) is 4.31. The van der Waals surface area contributed by atoms with Gasteiger partial charge >= 0.3 is 11.9 Å². The van der Waals surface area contributed by atoms with Gasteiger partial charge in [0.15, 0.2) is 12.2 Å². The molecule has 2 aromatic carbocycles. The molecule has 4 bridgehead atoms. The third kappa shape index (κ3) is 2.83. The third-order valence-electron chi connectivity index (χ3n) is 8.24. The van der Waals surface area contributed by atoms with Gasteiger partial charge in [0.25, 0.3) is 0 Å². The summed E-state index contributed by atoms with van der Waals surface area (Å²) in [5.74, 6) is 1.52. The van der Waals surface area contributed by atoms with Crippen LogP contribution in [0.3, 0.4) is 0 Å². The predicted molar refractivity (Wildman–Crippen MR) is 119 cm³/mol. The summed E-state index contributed by atoms with van der Waals surface area (Å²) in [7, 11) is 0. The summed E-state index contributed by atoms with van der Waals surface area (Å²) in [6.45, 7) is 4.07. The molecule has 32 heavy (non-hydrogen) atoms. The van der Waals surface area contributed by atoms with Crippen molar-refractivity contribution >= 4 is 11.9 Å². The van der Waals surface area contributed by atoms with Crippen LogP contribution in [-0.4, -0.2) is 41.1 Å². The summed E-state index contributed by atoms with van der Waals surface area (Å²) in [5.41, 5.74) is 1.02. The van der Waals surface area contributed by atoms with Crippen LogP contribution in [0.25, 0.3) is 0 Å². The van der Waals surface area contributed by atoms with Crippen molar-refractivity contribution in [1.29, 1.82) is 0 Å². The number of hydrogen-bond donors (Lipinski definition) is 0. The second kappa shape index (κ2) is 7.51. The molecule has 0 radical (unpaired) electrons. The van der Waals surface area contributed by atoms with Crippen molar-refractivity contribution in [2.24, 2.45) is 23.7 Å². The fraction of sp³-hybridized carbons (Fsp3) is 0.407. The number of fused-ring (bicyclic) bond motifs is 9. The Morgan fingerprint density at radius 2 is 1.22 bits per heavy atom. The first-order valence-electron chi connectivity index (χ1n) is 11.6. The van der Waals surface area contributed by atoms with Gasteiger partial charge in [0.2, 0.25) is 0 Å². The van der Waals surface area contributed by atoms with Gasteiger partial charge in [-0.1, -0.05) is 43.0 Å². The number of rotatable bonds is 5. The normalized spacial score (nSPS) is 36.1. The van der Waals surface area contributed by atoms with E-state index < -0.39 is 12.2 Å². The Kier molecular flexibility index (Phi) is 4.60. The van der Waals surface area contributed by atoms with Crippen LogP contribution < -0.4 is 0 Å². The smallest absolute Gasteiger partial charge is 0.338 e. The summed E-state index contributed by atoms with van der Waals surface area (Å²) < 4.78 is 12.2. The molecule has 0 N–H and O–H groups in total. The van der Waals surface area contributed by atoms with E-state index >= 15 is 0 Å². The van der Waals surface area contributed by atoms with E-state index in [0.29, 0.717) is 34.8 Å². The van der Waals surface area contributed by atoms with Gasteiger partial charge in [-0.3, -0.25) is 0 Å². The first-order valence-corrected chi connectivity index (χ1v) is 11.6. The minimum absolute atomic E-state index is 0.0130. The molecule has 5 heteroatoms. The van der Waals surface area contributed by atoms with Gasteiger partial charge in [-0.2, -0.15) is 0 Å². The second-order valence-electron chi connectivity index (χ2n) is 9.57. The van der Waals surface area contributed by atoms with E-state index in [1.165, 1.54) is 19.3 Å². The molecular weight excluding hydrogens is 402 g/mol. The lowest BCUT2D eigenvalue weighted by atomic mass is 9.69. The highest BCUT2D eigenvalue weighted by molar-refractivity contribution is 5.90. The van der Waals surface area contributed by atoms with E-state index in [4.69, 9.17) is 9.47 Å². The minimum atomic E-state index is -0.501. The van der Waals surface area contributed by atoms with Gasteiger partial charge in [0.05, 0.1) is 23.2 Å². The Bertz CT molecular complexity index is 959. The lowest BCUT2D eigenvalue weighted by Crippen LogP contribution is -2.52. The zero-order valence-corrected chi connectivity index (χ0v) is 17.9. The maximum Gasteiger partial charge on any atom is 0.338 e. The second-order valence-corrected chi connectivity index (χ2v) is 9.57. The van der Waals surface area contributed by atoms with Gasteiger partial charge in [0.1, 0.15) is 0 Å². The Hall–Kier alpha value is -3.08. The van der Waals surface area contributed by atoms with E-state index in [-0.39, 0.29) is 24.0 Å². The van der Waals surface area contributed by atoms with Crippen LogP contribution in [0, 0.1) is 23.7 Å². The summed E-state index contributed by atoms with van der Waals surface area (Å²) >= 11 is 0. The molecule has 2 heterocycles. The van der Waals surface area contributed by atoms with Crippen molar-refractivity contribution in [3.05, 3.63) is 84.6 Å². The van der Waals surface area contributed by atoms with Crippen molar-refractivity contribution in [3.8, 4) is 0 Å². The molecule has 2 saturated carbocycles. The maximum absolute atomic E-state index is 13.0. The van der Waals surface area contributed by atoms with Crippen molar-refractivity contribution < 1.29 is 19.1 Å². The summed E-state index contributed by atoms with van der Waals surface area (Å²) in [6.07, 6.45) is 4.60. The first-order chi connectivity index (χ1) is 15.7. The van der Waals surface area contributed by atoms with E-state index in [0.717, 1.165) is 0 Å². The van der Waals surface area contributed by atoms with E-state index in [2.05, 4.69) is 11.5 Å². The average molecular weight is 430 g/mol. The third-order valence-corrected chi connectivity index (χ3v) is 8.24. The van der Waals surface area contributed by atoms with Crippen LogP contribution in [0.4, 0.5) is 0 Å². The fourth-order valence-corrected chi connectivity index (χ4v) is 7.20. The van der Waals surface area contributed by atoms with Crippen molar-refractivity contribution in [2.45, 2.75) is 43.6 Å². The molecule has 5 nitrogen and oxygen atoms in total. The van der Waals surface area contributed by atoms with Crippen LogP contribution in [0.1, 0.15) is 40.0 Å². The van der Waals surface area contributed by atoms with Crippen LogP contribution in [0.5, 0.6) is 0 Å². The number of ether oxygens (including phenoxy) is 2. The molecule has 0 spiro atoms. The van der Waals surface area contributed by atoms with Gasteiger partial charge < -0.3 is 14.4 Å². The topological polar surface area (TPSA) is 55.8 Å². The number of carbonyl (C=O) groups is 2. The highest BCUT2D eigenvalue weighted by Gasteiger charge is 2.71. The SMILES string of the molecule is C=CN1C2C(OC(=O)c3ccccc3)C(OC(=O)c3ccccc3)C1C1C3CCC(C3)C12. The molecule has 4 aliphatic rings. The van der Waals surface area contributed by atoms with E-state index in [1.807, 2.05) is 42.6 Å². The van der Waals surface area contributed by atoms with Gasteiger partial charge in [-0.25, -0.2) is 9.59 Å². The van der Waals surface area contributed by atoms with Crippen LogP contribution in [0.2, 0.25) is 0 Å². The standard InChI is InChI=1S/C27H27NO4/c1-2-28-22-20-18-13-14-19(15-18)21(20)23(28)25(32-27(30)17-11-7-4-8-12-17)24(22)31-26(29)16-9-5-3-6-10-16/h2-12,18-25H,1,13-15H2. The van der Waals surface area contributed by atoms with Gasteiger partial charge in [0, 0.05) is 0 Å². The summed E-state index contributed by atoms with van der Waals surface area (Å²) in [6, 6.07) is 18.1. The Morgan fingerprint density at radius 1 is 0.781 bits per heavy atom. The van der Waals surface area contributed by atoms with Crippen molar-refractivity contribution in [1.82, 2.24) is 4.90 Å². The lowest BCUT2D eigenvalue weighted by Gasteiger charge is -2.39. The van der Waals surface area contributed by atoms with Crippen molar-refractivity contribution in [3.63, 3.8) is 0 Å². The highest BCUT2D eigenvalue weighted by atomic mass is 16.6. The molecule has 8 unspecified atom stereocenters. The van der Waals surface area contributed by atoms with Crippen LogP contribution >= 0.6 is 0 Å². The highest BCUT2D eigenvalue weighted by Crippen LogP contribution is 2.64. The first kappa shape index (κ1) is 19.6. The van der Waals surface area contributed by atoms with E-state index in [1.54, 1.807) is 24.3 Å². The molecule has 2 aliphatic carbocycles. The molecule has 4 fully saturated rings. The summed E-state index contributed by atoms with van der Waals surface area (Å²) in [5, 5.41) is 0. The Balaban J connectivity index is 1.34. The minimum Gasteiger partial charge on any atom is -0.453 e. The van der Waals surface area contributed by atoms with Gasteiger partial charge in [-0.05, 0) is 73.4 Å². The van der Waals surface area contributed by atoms with Gasteiger partial charge in [-0.15, -0.1) is 0 Å². The molecule has 8 atom stereocenters. The van der Waals surface area contributed by atoms with Crippen LogP contribution in [-0.2, 0) is 9.47 Å². The number of hydrogen-bond acceptors (Lipinski definition) is 5. The zero-order chi connectivity index (χ0) is 21.8. The van der Waals surface area contributed by atoms with Crippen molar-refractivity contribution in [2.75, 3.05) is 0 Å². The number of esters is 2. The molecule has 2 aliphatic heterocycles. The number of nitrogens with zero attached hydrogens (tertiary/aromatic N) is 1. The van der Waals surface area contributed by atoms with E-state index in [9.17, 15) is 9.59 Å². The monoisotopic (exact) mass is 429 g/mol. The Labute approximate surface area is 188 Å². The van der Waals surface area contributed by atoms with Crippen LogP contribution in [0.15, 0.2) is 73.4 Å². The molecule has 6 rings (SSSR count). The summed E-state index contributed by atoms with van der Waals surface area (Å²) in [4.78, 5) is 28.3. The molecule has 2 saturated heterocycles. The molecule has 164 valence electrons. The molecule has 0 aromatic heterocycles. The average Bonchev–Trinajstić information content (AvgIpc) is 3.58.